The molecule has 0 aromatic heterocycles. The first-order valence-corrected chi connectivity index (χ1v) is 7.46. The fourth-order valence-electron chi connectivity index (χ4n) is 2.15. The van der Waals surface area contributed by atoms with Crippen LogP contribution < -0.4 is 15.4 Å². The number of hydrogen-bond donors (Lipinski definition) is 2. The Morgan fingerprint density at radius 3 is 2.94 bits per heavy atom. The van der Waals surface area contributed by atoms with Gasteiger partial charge in [0.25, 0.3) is 0 Å². The minimum absolute atomic E-state index is 0.692. The van der Waals surface area contributed by atoms with Crippen molar-refractivity contribution in [3.8, 4) is 5.75 Å². The topological polar surface area (TPSA) is 33.3 Å². The number of nitrogens with one attached hydrogen (secondary N) is 2. The molecule has 100 valence electrons. The fourth-order valence-corrected chi connectivity index (χ4v) is 2.53. The van der Waals surface area contributed by atoms with E-state index in [1.807, 2.05) is 24.3 Å². The zero-order valence-electron chi connectivity index (χ0n) is 10.6. The van der Waals surface area contributed by atoms with E-state index >= 15 is 0 Å². The van der Waals surface area contributed by atoms with Crippen molar-refractivity contribution in [2.75, 3.05) is 26.2 Å². The monoisotopic (exact) mass is 312 g/mol. The van der Waals surface area contributed by atoms with Crippen molar-refractivity contribution in [1.29, 1.82) is 0 Å². The van der Waals surface area contributed by atoms with Crippen LogP contribution in [0.4, 0.5) is 0 Å². The molecule has 1 aliphatic rings. The molecule has 0 saturated carbocycles. The van der Waals surface area contributed by atoms with Crippen molar-refractivity contribution in [1.82, 2.24) is 10.6 Å². The lowest BCUT2D eigenvalue weighted by molar-refractivity contribution is 0.298. The van der Waals surface area contributed by atoms with Crippen molar-refractivity contribution in [3.05, 3.63) is 28.7 Å². The van der Waals surface area contributed by atoms with Gasteiger partial charge in [0.2, 0.25) is 0 Å². The number of benzene rings is 1. The summed E-state index contributed by atoms with van der Waals surface area (Å²) in [5, 5.41) is 6.96. The predicted octanol–water partition coefficient (Wildman–Crippen LogP) is 2.56. The highest BCUT2D eigenvalue weighted by molar-refractivity contribution is 9.10. The molecule has 1 fully saturated rings. The molecule has 1 aliphatic heterocycles. The van der Waals surface area contributed by atoms with Crippen LogP contribution in [0.3, 0.4) is 0 Å². The predicted molar refractivity (Wildman–Crippen MR) is 78.1 cm³/mol. The van der Waals surface area contributed by atoms with Gasteiger partial charge in [0.15, 0.2) is 0 Å². The van der Waals surface area contributed by atoms with Crippen LogP contribution in [0.25, 0.3) is 0 Å². The molecule has 1 heterocycles. The maximum absolute atomic E-state index is 5.69. The van der Waals surface area contributed by atoms with Gasteiger partial charge in [-0.05, 0) is 57.1 Å². The molecule has 2 rings (SSSR count). The normalized spacial score (nSPS) is 16.7. The van der Waals surface area contributed by atoms with Crippen molar-refractivity contribution in [2.24, 2.45) is 0 Å². The molecule has 0 radical (unpaired) electrons. The van der Waals surface area contributed by atoms with Crippen LogP contribution in [0, 0.1) is 0 Å². The Hall–Kier alpha value is -0.580. The quantitative estimate of drug-likeness (QED) is 0.792. The lowest BCUT2D eigenvalue weighted by Crippen LogP contribution is -2.40. The smallest absolute Gasteiger partial charge is 0.120 e. The van der Waals surface area contributed by atoms with Gasteiger partial charge in [0, 0.05) is 10.5 Å². The van der Waals surface area contributed by atoms with Crippen LogP contribution in [0.2, 0.25) is 0 Å². The Morgan fingerprint density at radius 2 is 2.17 bits per heavy atom. The molecule has 0 bridgehead atoms. The number of piperidine rings is 1. The van der Waals surface area contributed by atoms with E-state index < -0.39 is 0 Å². The van der Waals surface area contributed by atoms with Crippen molar-refractivity contribution < 1.29 is 4.74 Å². The van der Waals surface area contributed by atoms with Crippen LogP contribution >= 0.6 is 15.9 Å². The minimum Gasteiger partial charge on any atom is -0.494 e. The van der Waals surface area contributed by atoms with E-state index in [4.69, 9.17) is 4.74 Å². The summed E-state index contributed by atoms with van der Waals surface area (Å²) in [5.74, 6) is 0.936. The molecule has 3 nitrogen and oxygen atoms in total. The summed E-state index contributed by atoms with van der Waals surface area (Å²) in [6, 6.07) is 8.68. The average Bonchev–Trinajstić information content (AvgIpc) is 2.40. The molecule has 0 aliphatic carbocycles. The summed E-state index contributed by atoms with van der Waals surface area (Å²) < 4.78 is 6.76. The Bertz CT molecular complexity index is 353. The molecular formula is C14H21BrN2O. The van der Waals surface area contributed by atoms with Crippen LogP contribution in [0.15, 0.2) is 28.7 Å². The molecule has 2 N–H and O–H groups in total. The van der Waals surface area contributed by atoms with Gasteiger partial charge in [-0.3, -0.25) is 0 Å². The maximum Gasteiger partial charge on any atom is 0.120 e. The van der Waals surface area contributed by atoms with Crippen molar-refractivity contribution >= 4 is 15.9 Å². The fraction of sp³-hybridized carbons (Fsp3) is 0.571. The van der Waals surface area contributed by atoms with Crippen LogP contribution in [-0.4, -0.2) is 32.3 Å². The molecule has 1 saturated heterocycles. The second kappa shape index (κ2) is 7.77. The van der Waals surface area contributed by atoms with Gasteiger partial charge in [-0.15, -0.1) is 0 Å². The lowest BCUT2D eigenvalue weighted by Gasteiger charge is -2.23. The average molecular weight is 313 g/mol. The highest BCUT2D eigenvalue weighted by Crippen LogP contribution is 2.17. The largest absolute Gasteiger partial charge is 0.494 e. The van der Waals surface area contributed by atoms with Gasteiger partial charge in [-0.1, -0.05) is 22.0 Å². The van der Waals surface area contributed by atoms with E-state index in [0.29, 0.717) is 6.04 Å². The zero-order valence-corrected chi connectivity index (χ0v) is 12.2. The molecule has 1 aromatic carbocycles. The molecule has 0 spiro atoms. The minimum atomic E-state index is 0.692. The summed E-state index contributed by atoms with van der Waals surface area (Å²) in [4.78, 5) is 0. The zero-order chi connectivity index (χ0) is 12.6. The van der Waals surface area contributed by atoms with Crippen LogP contribution in [0.5, 0.6) is 5.75 Å². The van der Waals surface area contributed by atoms with E-state index in [-0.39, 0.29) is 0 Å². The van der Waals surface area contributed by atoms with E-state index in [1.54, 1.807) is 0 Å². The van der Waals surface area contributed by atoms with Gasteiger partial charge in [0.05, 0.1) is 6.61 Å². The van der Waals surface area contributed by atoms with Gasteiger partial charge >= 0.3 is 0 Å². The van der Waals surface area contributed by atoms with E-state index in [2.05, 4.69) is 26.6 Å². The van der Waals surface area contributed by atoms with Gasteiger partial charge in [-0.2, -0.15) is 0 Å². The van der Waals surface area contributed by atoms with E-state index in [0.717, 1.165) is 42.9 Å². The molecule has 18 heavy (non-hydrogen) atoms. The molecular weight excluding hydrogens is 292 g/mol. The molecule has 1 aromatic rings. The molecule has 0 amide bonds. The molecule has 0 atom stereocenters. The second-order valence-corrected chi connectivity index (χ2v) is 5.55. The van der Waals surface area contributed by atoms with Crippen molar-refractivity contribution in [2.45, 2.75) is 25.3 Å². The number of hydrogen-bond acceptors (Lipinski definition) is 3. The Labute approximate surface area is 117 Å². The number of rotatable bonds is 6. The van der Waals surface area contributed by atoms with E-state index in [1.165, 1.54) is 12.8 Å². The Morgan fingerprint density at radius 1 is 1.33 bits per heavy atom. The third-order valence-electron chi connectivity index (χ3n) is 3.16. The highest BCUT2D eigenvalue weighted by Gasteiger charge is 2.10. The second-order valence-electron chi connectivity index (χ2n) is 4.64. The standard InChI is InChI=1S/C14H21BrN2O/c15-12-3-1-4-14(11-12)18-10-2-7-17-13-5-8-16-9-6-13/h1,3-4,11,13,16-17H,2,5-10H2. The van der Waals surface area contributed by atoms with Crippen LogP contribution in [-0.2, 0) is 0 Å². The van der Waals surface area contributed by atoms with Gasteiger partial charge in [0.1, 0.15) is 5.75 Å². The maximum atomic E-state index is 5.69. The molecule has 4 heteroatoms. The number of ether oxygens (including phenoxy) is 1. The Kier molecular flexibility index (Phi) is 5.97. The Balaban J connectivity index is 1.55. The summed E-state index contributed by atoms with van der Waals surface area (Å²) in [5.41, 5.74) is 0. The van der Waals surface area contributed by atoms with Crippen LogP contribution in [0.1, 0.15) is 19.3 Å². The first-order valence-electron chi connectivity index (χ1n) is 6.67. The lowest BCUT2D eigenvalue weighted by atomic mass is 10.1. The number of halogens is 1. The van der Waals surface area contributed by atoms with Gasteiger partial charge < -0.3 is 15.4 Å². The van der Waals surface area contributed by atoms with Gasteiger partial charge in [-0.25, -0.2) is 0 Å². The SMILES string of the molecule is Brc1cccc(OCCCNC2CCNCC2)c1. The summed E-state index contributed by atoms with van der Waals surface area (Å²) in [7, 11) is 0. The summed E-state index contributed by atoms with van der Waals surface area (Å²) in [6.45, 7) is 4.10. The third-order valence-corrected chi connectivity index (χ3v) is 3.65. The van der Waals surface area contributed by atoms with Crippen molar-refractivity contribution in [3.63, 3.8) is 0 Å². The first kappa shape index (κ1) is 13.8. The first-order chi connectivity index (χ1) is 8.84. The third kappa shape index (κ3) is 4.96. The summed E-state index contributed by atoms with van der Waals surface area (Å²) >= 11 is 3.44. The highest BCUT2D eigenvalue weighted by atomic mass is 79.9. The molecule has 0 unspecified atom stereocenters. The van der Waals surface area contributed by atoms with E-state index in [9.17, 15) is 0 Å². The summed E-state index contributed by atoms with van der Waals surface area (Å²) in [6.07, 6.45) is 3.54.